The normalized spacial score (nSPS) is 18.7. The smallest absolute Gasteiger partial charge is 0.430 e. The maximum absolute atomic E-state index is 13.0. The summed E-state index contributed by atoms with van der Waals surface area (Å²) in [7, 11) is 0. The van der Waals surface area contributed by atoms with Gasteiger partial charge in [0.15, 0.2) is 5.54 Å². The number of hydrogen-bond acceptors (Lipinski definition) is 5. The first kappa shape index (κ1) is 19.2. The van der Waals surface area contributed by atoms with Crippen LogP contribution in [0.25, 0.3) is 6.08 Å². The highest BCUT2D eigenvalue weighted by molar-refractivity contribution is 14.1. The van der Waals surface area contributed by atoms with Crippen molar-refractivity contribution in [1.29, 1.82) is 0 Å². The number of ether oxygens (including phenoxy) is 2. The van der Waals surface area contributed by atoms with Gasteiger partial charge in [-0.05, 0) is 60.6 Å². The van der Waals surface area contributed by atoms with E-state index in [2.05, 4.69) is 5.43 Å². The van der Waals surface area contributed by atoms with Crippen molar-refractivity contribution in [3.63, 3.8) is 0 Å². The van der Waals surface area contributed by atoms with E-state index in [1.54, 1.807) is 39.0 Å². The first-order valence-electron chi connectivity index (χ1n) is 7.78. The van der Waals surface area contributed by atoms with E-state index in [4.69, 9.17) is 9.47 Å². The molecule has 0 bridgehead atoms. The number of amides is 2. The second kappa shape index (κ2) is 7.85. The number of fused-ring (bicyclic) bond motifs is 1. The third-order valence-electron chi connectivity index (χ3n) is 3.80. The summed E-state index contributed by atoms with van der Waals surface area (Å²) in [4.78, 5) is 37.4. The molecule has 0 radical (unpaired) electrons. The lowest BCUT2D eigenvalue weighted by Gasteiger charge is -2.41. The fraction of sp³-hybridized carbons (Fsp3) is 0.353. The molecule has 7 nitrogen and oxygen atoms in total. The van der Waals surface area contributed by atoms with Crippen LogP contribution in [-0.2, 0) is 19.8 Å². The minimum atomic E-state index is -1.46. The van der Waals surface area contributed by atoms with Gasteiger partial charge in [-0.1, -0.05) is 24.3 Å². The van der Waals surface area contributed by atoms with Gasteiger partial charge in [-0.3, -0.25) is 4.79 Å². The molecular formula is C17H19IN2O5. The summed E-state index contributed by atoms with van der Waals surface area (Å²) < 4.78 is 10.3. The average Bonchev–Trinajstić information content (AvgIpc) is 2.58. The van der Waals surface area contributed by atoms with Gasteiger partial charge in [0.05, 0.1) is 16.8 Å². The molecular weight excluding hydrogens is 439 g/mol. The Bertz CT molecular complexity index is 734. The van der Waals surface area contributed by atoms with E-state index in [0.29, 0.717) is 9.14 Å². The molecule has 1 aromatic carbocycles. The molecule has 1 aromatic rings. The molecule has 0 aromatic heterocycles. The number of nitrogens with one attached hydrogen (secondary N) is 1. The number of hydrogen-bond donors (Lipinski definition) is 1. The Morgan fingerprint density at radius 2 is 1.84 bits per heavy atom. The van der Waals surface area contributed by atoms with E-state index in [-0.39, 0.29) is 19.0 Å². The first-order valence-corrected chi connectivity index (χ1v) is 8.86. The fourth-order valence-corrected chi connectivity index (χ4v) is 3.49. The number of nitrogens with zero attached hydrogens (tertiary/aromatic N) is 1. The van der Waals surface area contributed by atoms with Gasteiger partial charge in [0.1, 0.15) is 0 Å². The number of carbonyl (C=O) groups excluding carboxylic acids is 3. The van der Waals surface area contributed by atoms with Crippen molar-refractivity contribution in [2.75, 3.05) is 13.2 Å². The Morgan fingerprint density at radius 1 is 1.20 bits per heavy atom. The molecule has 1 atom stereocenters. The van der Waals surface area contributed by atoms with E-state index in [9.17, 15) is 14.4 Å². The standard InChI is InChI=1S/C17H19IN2O5/c1-4-24-15(22)19-20(16(23)25-5-2)17(3)12-9-7-6-8-11(12)10-13(18)14(17)21/h6-10H,4-5H2,1-3H3,(H,19,22). The minimum absolute atomic E-state index is 0.0959. The Labute approximate surface area is 159 Å². The number of benzene rings is 1. The molecule has 0 saturated carbocycles. The van der Waals surface area contributed by atoms with Crippen molar-refractivity contribution >= 4 is 46.6 Å². The van der Waals surface area contributed by atoms with Gasteiger partial charge < -0.3 is 9.47 Å². The van der Waals surface area contributed by atoms with Gasteiger partial charge in [0, 0.05) is 0 Å². The molecule has 134 valence electrons. The Hall–Kier alpha value is -2.10. The summed E-state index contributed by atoms with van der Waals surface area (Å²) in [5, 5.41) is 0.904. The van der Waals surface area contributed by atoms with Crippen LogP contribution in [0, 0.1) is 0 Å². The van der Waals surface area contributed by atoms with Crippen molar-refractivity contribution in [3.8, 4) is 0 Å². The molecule has 0 heterocycles. The average molecular weight is 458 g/mol. The molecule has 8 heteroatoms. The van der Waals surface area contributed by atoms with Crippen LogP contribution in [-0.4, -0.2) is 36.2 Å². The number of hydrazine groups is 1. The number of Topliss-reactive ketones (excluding diaryl/α,β-unsaturated/α-hetero) is 1. The summed E-state index contributed by atoms with van der Waals surface area (Å²) in [5.41, 5.74) is 2.27. The zero-order chi connectivity index (χ0) is 18.6. The second-order valence-electron chi connectivity index (χ2n) is 5.35. The first-order chi connectivity index (χ1) is 11.9. The van der Waals surface area contributed by atoms with Crippen LogP contribution in [0.3, 0.4) is 0 Å². The highest BCUT2D eigenvalue weighted by atomic mass is 127. The van der Waals surface area contributed by atoms with Crippen molar-refractivity contribution < 1.29 is 23.9 Å². The topological polar surface area (TPSA) is 84.9 Å². The second-order valence-corrected chi connectivity index (χ2v) is 6.51. The molecule has 1 unspecified atom stereocenters. The van der Waals surface area contributed by atoms with Crippen molar-refractivity contribution in [3.05, 3.63) is 39.0 Å². The van der Waals surface area contributed by atoms with Crippen LogP contribution >= 0.6 is 22.6 Å². The van der Waals surface area contributed by atoms with Crippen LogP contribution in [0.1, 0.15) is 31.9 Å². The summed E-state index contributed by atoms with van der Waals surface area (Å²) in [6, 6.07) is 7.19. The maximum atomic E-state index is 13.0. The van der Waals surface area contributed by atoms with E-state index in [1.165, 1.54) is 0 Å². The van der Waals surface area contributed by atoms with Crippen molar-refractivity contribution in [2.45, 2.75) is 26.3 Å². The maximum Gasteiger partial charge on any atom is 0.430 e. The third kappa shape index (κ3) is 3.63. The molecule has 25 heavy (non-hydrogen) atoms. The molecule has 2 amide bonds. The third-order valence-corrected chi connectivity index (χ3v) is 4.60. The van der Waals surface area contributed by atoms with Gasteiger partial charge in [-0.15, -0.1) is 0 Å². The zero-order valence-electron chi connectivity index (χ0n) is 14.2. The Kier molecular flexibility index (Phi) is 6.04. The van der Waals surface area contributed by atoms with Crippen LogP contribution in [0.2, 0.25) is 0 Å². The highest BCUT2D eigenvalue weighted by Crippen LogP contribution is 2.40. The lowest BCUT2D eigenvalue weighted by atomic mass is 9.80. The molecule has 1 aliphatic rings. The van der Waals surface area contributed by atoms with Crippen molar-refractivity contribution in [2.24, 2.45) is 0 Å². The highest BCUT2D eigenvalue weighted by Gasteiger charge is 2.49. The molecule has 0 aliphatic heterocycles. The van der Waals surface area contributed by atoms with E-state index in [1.807, 2.05) is 34.7 Å². The minimum Gasteiger partial charge on any atom is -0.449 e. The predicted molar refractivity (Wildman–Crippen MR) is 99.8 cm³/mol. The van der Waals surface area contributed by atoms with E-state index < -0.39 is 17.7 Å². The Morgan fingerprint density at radius 3 is 2.48 bits per heavy atom. The van der Waals surface area contributed by atoms with Crippen LogP contribution in [0.15, 0.2) is 27.8 Å². The molecule has 0 spiro atoms. The Balaban J connectivity index is 2.56. The van der Waals surface area contributed by atoms with Gasteiger partial charge in [-0.25, -0.2) is 15.0 Å². The van der Waals surface area contributed by atoms with Gasteiger partial charge in [0.25, 0.3) is 0 Å². The summed E-state index contributed by atoms with van der Waals surface area (Å²) >= 11 is 1.92. The monoisotopic (exact) mass is 458 g/mol. The molecule has 1 aliphatic carbocycles. The summed E-state index contributed by atoms with van der Waals surface area (Å²) in [6.45, 7) is 5.08. The number of halogens is 1. The largest absolute Gasteiger partial charge is 0.449 e. The SMILES string of the molecule is CCOC(=O)NN(C(=O)OCC)C1(C)C(=O)C(I)=Cc2ccccc21. The number of ketones is 1. The quantitative estimate of drug-likeness (QED) is 0.555. The van der Waals surface area contributed by atoms with Gasteiger partial charge >= 0.3 is 12.2 Å². The number of rotatable bonds is 3. The van der Waals surface area contributed by atoms with Gasteiger partial charge in [-0.2, -0.15) is 5.01 Å². The molecule has 0 fully saturated rings. The summed E-state index contributed by atoms with van der Waals surface area (Å²) in [5.74, 6) is -0.323. The van der Waals surface area contributed by atoms with Gasteiger partial charge in [0.2, 0.25) is 5.78 Å². The summed E-state index contributed by atoms with van der Waals surface area (Å²) in [6.07, 6.45) is 0.0622. The van der Waals surface area contributed by atoms with E-state index in [0.717, 1.165) is 10.6 Å². The molecule has 2 rings (SSSR count). The molecule has 0 saturated heterocycles. The predicted octanol–water partition coefficient (Wildman–Crippen LogP) is 3.38. The number of carbonyl (C=O) groups is 3. The van der Waals surface area contributed by atoms with Crippen LogP contribution < -0.4 is 5.43 Å². The lowest BCUT2D eigenvalue weighted by molar-refractivity contribution is -0.127. The molecule has 1 N–H and O–H groups in total. The van der Waals surface area contributed by atoms with E-state index >= 15 is 0 Å². The van der Waals surface area contributed by atoms with Crippen LogP contribution in [0.4, 0.5) is 9.59 Å². The van der Waals surface area contributed by atoms with Crippen molar-refractivity contribution in [1.82, 2.24) is 10.4 Å². The zero-order valence-corrected chi connectivity index (χ0v) is 16.3. The lowest BCUT2D eigenvalue weighted by Crippen LogP contribution is -2.61. The fourth-order valence-electron chi connectivity index (χ4n) is 2.63. The van der Waals surface area contributed by atoms with Crippen LogP contribution in [0.5, 0.6) is 0 Å².